The van der Waals surface area contributed by atoms with Crippen LogP contribution in [0.1, 0.15) is 0 Å². The van der Waals surface area contributed by atoms with Gasteiger partial charge in [0.25, 0.3) is 0 Å². The summed E-state index contributed by atoms with van der Waals surface area (Å²) in [6, 6.07) is 0. The molecule has 1 aliphatic rings. The van der Waals surface area contributed by atoms with Crippen molar-refractivity contribution in [3.05, 3.63) is 29.8 Å². The molecule has 0 saturated heterocycles. The molecule has 9 heteroatoms. The molecule has 0 saturated carbocycles. The summed E-state index contributed by atoms with van der Waals surface area (Å²) in [7, 11) is 0. The molecule has 118 valence electrons. The molecule has 0 aromatic carbocycles. The summed E-state index contributed by atoms with van der Waals surface area (Å²) in [4.78, 5) is 4.31. The number of ether oxygens (including phenoxy) is 1. The van der Waals surface area contributed by atoms with E-state index in [1.165, 1.54) is 23.0 Å². The highest BCUT2D eigenvalue weighted by Gasteiger charge is 2.16. The maximum Gasteiger partial charge on any atom is 0.147 e. The Labute approximate surface area is 126 Å². The predicted octanol–water partition coefficient (Wildman–Crippen LogP) is -0.701. The first-order chi connectivity index (χ1) is 10.6. The lowest BCUT2D eigenvalue weighted by Gasteiger charge is -2.14. The van der Waals surface area contributed by atoms with Gasteiger partial charge in [0.2, 0.25) is 0 Å². The van der Waals surface area contributed by atoms with E-state index in [2.05, 4.69) is 10.1 Å². The molecule has 0 unspecified atom stereocenters. The molecule has 1 aliphatic carbocycles. The van der Waals surface area contributed by atoms with E-state index in [9.17, 15) is 0 Å². The molecule has 2 rings (SSSR count). The zero-order valence-electron chi connectivity index (χ0n) is 11.9. The van der Waals surface area contributed by atoms with Crippen LogP contribution in [0.15, 0.2) is 34.8 Å². The van der Waals surface area contributed by atoms with Gasteiger partial charge in [0.05, 0.1) is 43.1 Å². The summed E-state index contributed by atoms with van der Waals surface area (Å²) >= 11 is 0. The summed E-state index contributed by atoms with van der Waals surface area (Å²) in [5.74, 6) is 0.574. The fourth-order valence-corrected chi connectivity index (χ4v) is 1.83. The second-order valence-corrected chi connectivity index (χ2v) is 4.45. The number of anilines is 1. The number of nitrogens with two attached hydrogens (primary N) is 2. The molecule has 0 radical (unpaired) electrons. The molecule has 7 N–H and O–H groups in total. The van der Waals surface area contributed by atoms with Crippen molar-refractivity contribution in [3.63, 3.8) is 0 Å². The van der Waals surface area contributed by atoms with Crippen LogP contribution in [0.4, 0.5) is 11.5 Å². The second kappa shape index (κ2) is 6.87. The summed E-state index contributed by atoms with van der Waals surface area (Å²) < 4.78 is 6.68. The highest BCUT2D eigenvalue weighted by Crippen LogP contribution is 2.23. The van der Waals surface area contributed by atoms with Gasteiger partial charge < -0.3 is 26.4 Å². The zero-order valence-corrected chi connectivity index (χ0v) is 11.9. The van der Waals surface area contributed by atoms with Gasteiger partial charge in [-0.15, -0.1) is 0 Å². The topological polar surface area (TPSA) is 156 Å². The first kappa shape index (κ1) is 15.7. The van der Waals surface area contributed by atoms with E-state index in [1.54, 1.807) is 0 Å². The number of aliphatic hydroxyl groups is 2. The number of aliphatic imine (C=N–C) groups is 1. The number of aliphatic hydroxyl groups excluding tert-OH is 2. The second-order valence-electron chi connectivity index (χ2n) is 4.45. The van der Waals surface area contributed by atoms with E-state index in [0.29, 0.717) is 22.9 Å². The van der Waals surface area contributed by atoms with Crippen molar-refractivity contribution >= 4 is 22.9 Å². The maximum absolute atomic E-state index is 8.91. The Balaban J connectivity index is 2.31. The van der Waals surface area contributed by atoms with Gasteiger partial charge in [-0.2, -0.15) is 5.10 Å². The number of hydrogen-bond acceptors (Lipinski definition) is 8. The molecule has 0 atom stereocenters. The van der Waals surface area contributed by atoms with E-state index in [1.807, 2.05) is 0 Å². The van der Waals surface area contributed by atoms with Crippen LogP contribution in [0.5, 0.6) is 0 Å². The Kier molecular flexibility index (Phi) is 4.92. The highest BCUT2D eigenvalue weighted by molar-refractivity contribution is 6.22. The smallest absolute Gasteiger partial charge is 0.147 e. The van der Waals surface area contributed by atoms with Crippen LogP contribution in [0, 0.1) is 5.41 Å². The van der Waals surface area contributed by atoms with Crippen molar-refractivity contribution in [2.75, 3.05) is 25.6 Å². The molecule has 1 aromatic rings. The first-order valence-electron chi connectivity index (χ1n) is 6.59. The number of rotatable bonds is 6. The van der Waals surface area contributed by atoms with Crippen LogP contribution in [0.2, 0.25) is 0 Å². The lowest BCUT2D eigenvalue weighted by Crippen LogP contribution is -2.20. The van der Waals surface area contributed by atoms with Gasteiger partial charge in [-0.25, -0.2) is 9.67 Å². The molecule has 1 heterocycles. The SMILES string of the molecule is N=C1C=C(N)/C(=N/c2cnn(CCO)c2N)C=C1OCCO. The van der Waals surface area contributed by atoms with E-state index < -0.39 is 0 Å². The van der Waals surface area contributed by atoms with Crippen LogP contribution in [-0.2, 0) is 11.3 Å². The Morgan fingerprint density at radius 1 is 1.27 bits per heavy atom. The van der Waals surface area contributed by atoms with Crippen LogP contribution in [0.3, 0.4) is 0 Å². The van der Waals surface area contributed by atoms with Crippen LogP contribution in [-0.4, -0.2) is 51.2 Å². The van der Waals surface area contributed by atoms with Gasteiger partial charge in [-0.3, -0.25) is 5.41 Å². The molecule has 0 aliphatic heterocycles. The van der Waals surface area contributed by atoms with Crippen molar-refractivity contribution in [2.45, 2.75) is 6.54 Å². The van der Waals surface area contributed by atoms with Crippen molar-refractivity contribution in [1.82, 2.24) is 9.78 Å². The summed E-state index contributed by atoms with van der Waals surface area (Å²) in [5, 5.41) is 29.5. The number of hydrogen-bond donors (Lipinski definition) is 5. The van der Waals surface area contributed by atoms with E-state index in [-0.39, 0.29) is 37.8 Å². The van der Waals surface area contributed by atoms with Crippen molar-refractivity contribution in [1.29, 1.82) is 5.41 Å². The summed E-state index contributed by atoms with van der Waals surface area (Å²) in [5.41, 5.74) is 12.9. The fraction of sp³-hybridized carbons (Fsp3) is 0.308. The third-order valence-electron chi connectivity index (χ3n) is 2.89. The number of allylic oxidation sites excluding steroid dienone is 2. The van der Waals surface area contributed by atoms with E-state index in [0.717, 1.165) is 0 Å². The van der Waals surface area contributed by atoms with Gasteiger partial charge in [0, 0.05) is 6.08 Å². The van der Waals surface area contributed by atoms with Crippen molar-refractivity contribution in [3.8, 4) is 0 Å². The molecule has 9 nitrogen and oxygen atoms in total. The minimum absolute atomic E-state index is 0.0752. The molecule has 0 spiro atoms. The molecule has 0 amide bonds. The largest absolute Gasteiger partial charge is 0.489 e. The predicted molar refractivity (Wildman–Crippen MR) is 81.9 cm³/mol. The third kappa shape index (κ3) is 3.32. The summed E-state index contributed by atoms with van der Waals surface area (Å²) in [6.45, 7) is 0.108. The van der Waals surface area contributed by atoms with Gasteiger partial charge in [-0.1, -0.05) is 0 Å². The maximum atomic E-state index is 8.91. The number of nitrogen functional groups attached to an aromatic ring is 1. The van der Waals surface area contributed by atoms with Gasteiger partial charge in [-0.05, 0) is 6.08 Å². The molecule has 0 bridgehead atoms. The Hall–Kier alpha value is -2.65. The van der Waals surface area contributed by atoms with Crippen LogP contribution < -0.4 is 11.5 Å². The fourth-order valence-electron chi connectivity index (χ4n) is 1.83. The monoisotopic (exact) mass is 306 g/mol. The Morgan fingerprint density at radius 3 is 2.73 bits per heavy atom. The highest BCUT2D eigenvalue weighted by atomic mass is 16.5. The Morgan fingerprint density at radius 2 is 2.05 bits per heavy atom. The Bertz CT molecular complexity index is 659. The number of aromatic nitrogens is 2. The molecular weight excluding hydrogens is 288 g/mol. The average molecular weight is 306 g/mol. The third-order valence-corrected chi connectivity index (χ3v) is 2.89. The minimum Gasteiger partial charge on any atom is -0.489 e. The van der Waals surface area contributed by atoms with Gasteiger partial charge in [0.15, 0.2) is 0 Å². The lowest BCUT2D eigenvalue weighted by molar-refractivity contribution is 0.156. The molecular formula is C13H18N6O3. The standard InChI is InChI=1S/C13H18N6O3/c14-8-5-9(15)12(22-4-3-21)6-10(8)18-11-7-17-19(1-2-20)13(11)16/h5-7,15,20-21H,1-4,14,16H2/b15-9?,18-10+. The quantitative estimate of drug-likeness (QED) is 0.437. The van der Waals surface area contributed by atoms with Crippen LogP contribution >= 0.6 is 0 Å². The molecule has 22 heavy (non-hydrogen) atoms. The summed E-state index contributed by atoms with van der Waals surface area (Å²) in [6.07, 6.45) is 4.39. The van der Waals surface area contributed by atoms with Gasteiger partial charge >= 0.3 is 0 Å². The number of nitrogens with one attached hydrogen (secondary N) is 1. The van der Waals surface area contributed by atoms with Crippen molar-refractivity contribution < 1.29 is 14.9 Å². The van der Waals surface area contributed by atoms with Crippen molar-refractivity contribution in [2.24, 2.45) is 10.7 Å². The first-order valence-corrected chi connectivity index (χ1v) is 6.59. The average Bonchev–Trinajstić information content (AvgIpc) is 2.82. The van der Waals surface area contributed by atoms with E-state index in [4.69, 9.17) is 31.8 Å². The zero-order chi connectivity index (χ0) is 16.1. The normalized spacial score (nSPS) is 16.6. The molecule has 1 aromatic heterocycles. The number of nitrogens with zero attached hydrogens (tertiary/aromatic N) is 3. The minimum atomic E-state index is -0.156. The van der Waals surface area contributed by atoms with Gasteiger partial charge in [0.1, 0.15) is 23.9 Å². The van der Waals surface area contributed by atoms with E-state index >= 15 is 0 Å². The molecule has 0 fully saturated rings. The van der Waals surface area contributed by atoms with Crippen LogP contribution in [0.25, 0.3) is 0 Å². The lowest BCUT2D eigenvalue weighted by atomic mass is 10.1.